The van der Waals surface area contributed by atoms with Crippen LogP contribution < -0.4 is 5.32 Å². The molecule has 1 atom stereocenters. The first-order valence-corrected chi connectivity index (χ1v) is 7.88. The number of amides is 1. The van der Waals surface area contributed by atoms with Crippen molar-refractivity contribution in [2.45, 2.75) is 38.1 Å². The van der Waals surface area contributed by atoms with E-state index in [9.17, 15) is 10.0 Å². The fourth-order valence-corrected chi connectivity index (χ4v) is 3.13. The van der Waals surface area contributed by atoms with Crippen molar-refractivity contribution >= 4 is 29.1 Å². The molecule has 0 bridgehead atoms. The smallest absolute Gasteiger partial charge is 0.216 e. The van der Waals surface area contributed by atoms with Gasteiger partial charge in [0.25, 0.3) is 0 Å². The van der Waals surface area contributed by atoms with Gasteiger partial charge in [-0.1, -0.05) is 42.1 Å². The van der Waals surface area contributed by atoms with E-state index in [1.165, 1.54) is 12.0 Å². The van der Waals surface area contributed by atoms with Gasteiger partial charge in [0, 0.05) is 20.0 Å². The number of benzene rings is 1. The van der Waals surface area contributed by atoms with E-state index in [4.69, 9.17) is 23.2 Å². The lowest BCUT2D eigenvalue weighted by Crippen LogP contribution is -2.51. The Bertz CT molecular complexity index is 524. The Labute approximate surface area is 135 Å². The molecule has 1 saturated heterocycles. The Balaban J connectivity index is 2.42. The summed E-state index contributed by atoms with van der Waals surface area (Å²) in [5.41, 5.74) is 0.214. The van der Waals surface area contributed by atoms with Crippen LogP contribution in [0.15, 0.2) is 18.2 Å². The summed E-state index contributed by atoms with van der Waals surface area (Å²) in [5, 5.41) is 15.6. The highest BCUT2D eigenvalue weighted by molar-refractivity contribution is 6.42. The standard InChI is InChI=1S/C15H20Cl2N2O2/c1-11(20)18-10-15(7-3-2-4-8-19(15)21)12-5-6-13(16)14(17)9-12/h5-6,9,21H,2-4,7-8,10H2,1H3,(H,18,20)/t15-/m1/s1. The molecule has 6 heteroatoms. The van der Waals surface area contributed by atoms with Crippen molar-refractivity contribution in [3.05, 3.63) is 33.8 Å². The summed E-state index contributed by atoms with van der Waals surface area (Å²) in [6.45, 7) is 2.39. The number of hydrogen-bond acceptors (Lipinski definition) is 3. The summed E-state index contributed by atoms with van der Waals surface area (Å²) in [5.74, 6) is -0.118. The number of nitrogens with one attached hydrogen (secondary N) is 1. The topological polar surface area (TPSA) is 52.6 Å². The van der Waals surface area contributed by atoms with Gasteiger partial charge in [-0.3, -0.25) is 4.79 Å². The predicted molar refractivity (Wildman–Crippen MR) is 83.8 cm³/mol. The molecule has 0 unspecified atom stereocenters. The zero-order valence-electron chi connectivity index (χ0n) is 12.0. The fourth-order valence-electron chi connectivity index (χ4n) is 2.83. The maximum Gasteiger partial charge on any atom is 0.216 e. The second-order valence-corrected chi connectivity index (χ2v) is 6.32. The minimum Gasteiger partial charge on any atom is -0.354 e. The van der Waals surface area contributed by atoms with Crippen molar-refractivity contribution in [3.8, 4) is 0 Å². The Morgan fingerprint density at radius 2 is 2.10 bits per heavy atom. The van der Waals surface area contributed by atoms with E-state index in [1.807, 2.05) is 6.07 Å². The van der Waals surface area contributed by atoms with Crippen LogP contribution in [0.5, 0.6) is 0 Å². The molecule has 1 amide bonds. The lowest BCUT2D eigenvalue weighted by atomic mass is 9.85. The van der Waals surface area contributed by atoms with Gasteiger partial charge in [-0.25, -0.2) is 0 Å². The molecule has 21 heavy (non-hydrogen) atoms. The Kier molecular flexibility index (Phi) is 5.49. The number of carbonyl (C=O) groups excluding carboxylic acids is 1. The monoisotopic (exact) mass is 330 g/mol. The number of halogens is 2. The molecular weight excluding hydrogens is 311 g/mol. The van der Waals surface area contributed by atoms with Crippen molar-refractivity contribution in [1.82, 2.24) is 10.4 Å². The fraction of sp³-hybridized carbons (Fsp3) is 0.533. The molecule has 1 aliphatic rings. The van der Waals surface area contributed by atoms with Gasteiger partial charge in [0.2, 0.25) is 5.91 Å². The Morgan fingerprint density at radius 3 is 2.76 bits per heavy atom. The second-order valence-electron chi connectivity index (χ2n) is 5.50. The maximum absolute atomic E-state index is 11.3. The molecule has 2 rings (SSSR count). The summed E-state index contributed by atoms with van der Waals surface area (Å²) >= 11 is 12.1. The van der Waals surface area contributed by atoms with Gasteiger partial charge < -0.3 is 10.5 Å². The minimum atomic E-state index is -0.656. The highest BCUT2D eigenvalue weighted by atomic mass is 35.5. The molecule has 1 aromatic rings. The number of rotatable bonds is 3. The first-order chi connectivity index (χ1) is 9.95. The molecule has 4 nitrogen and oxygen atoms in total. The van der Waals surface area contributed by atoms with E-state index in [0.717, 1.165) is 31.2 Å². The molecule has 0 spiro atoms. The summed E-state index contributed by atoms with van der Waals surface area (Å²) in [7, 11) is 0. The van der Waals surface area contributed by atoms with Crippen LogP contribution in [-0.4, -0.2) is 29.3 Å². The van der Waals surface area contributed by atoms with E-state index in [2.05, 4.69) is 5.32 Å². The largest absolute Gasteiger partial charge is 0.354 e. The van der Waals surface area contributed by atoms with Gasteiger partial charge in [0.1, 0.15) is 0 Å². The van der Waals surface area contributed by atoms with Crippen molar-refractivity contribution < 1.29 is 10.0 Å². The van der Waals surface area contributed by atoms with Crippen LogP contribution in [0.1, 0.15) is 38.2 Å². The van der Waals surface area contributed by atoms with E-state index >= 15 is 0 Å². The molecular formula is C15H20Cl2N2O2. The van der Waals surface area contributed by atoms with Crippen LogP contribution in [-0.2, 0) is 10.3 Å². The average Bonchev–Trinajstić information content (AvgIpc) is 2.62. The summed E-state index contributed by atoms with van der Waals surface area (Å²) in [6.07, 6.45) is 3.72. The number of hydrogen-bond donors (Lipinski definition) is 2. The van der Waals surface area contributed by atoms with Gasteiger partial charge in [-0.2, -0.15) is 5.06 Å². The SMILES string of the molecule is CC(=O)NC[C@@]1(c2ccc(Cl)c(Cl)c2)CCCCCN1O. The van der Waals surface area contributed by atoms with Crippen molar-refractivity contribution in [3.63, 3.8) is 0 Å². The molecule has 116 valence electrons. The lowest BCUT2D eigenvalue weighted by molar-refractivity contribution is -0.177. The Hall–Kier alpha value is -0.810. The highest BCUT2D eigenvalue weighted by Crippen LogP contribution is 2.37. The van der Waals surface area contributed by atoms with Crippen LogP contribution in [0.3, 0.4) is 0 Å². The third-order valence-corrected chi connectivity index (χ3v) is 4.78. The van der Waals surface area contributed by atoms with Crippen LogP contribution in [0.4, 0.5) is 0 Å². The van der Waals surface area contributed by atoms with Crippen LogP contribution in [0.25, 0.3) is 0 Å². The van der Waals surface area contributed by atoms with Crippen molar-refractivity contribution in [2.75, 3.05) is 13.1 Å². The molecule has 0 radical (unpaired) electrons. The van der Waals surface area contributed by atoms with Crippen LogP contribution >= 0.6 is 23.2 Å². The zero-order valence-corrected chi connectivity index (χ0v) is 13.5. The molecule has 2 N–H and O–H groups in total. The molecule has 1 aromatic carbocycles. The summed E-state index contributed by atoms with van der Waals surface area (Å²) in [6, 6.07) is 5.37. The third kappa shape index (κ3) is 3.69. The highest BCUT2D eigenvalue weighted by Gasteiger charge is 2.39. The van der Waals surface area contributed by atoms with Gasteiger partial charge in [-0.05, 0) is 30.5 Å². The molecule has 1 aliphatic heterocycles. The van der Waals surface area contributed by atoms with Gasteiger partial charge in [-0.15, -0.1) is 0 Å². The molecule has 1 fully saturated rings. The minimum absolute atomic E-state index is 0.118. The normalized spacial score (nSPS) is 23.6. The van der Waals surface area contributed by atoms with E-state index in [-0.39, 0.29) is 5.91 Å². The number of carbonyl (C=O) groups is 1. The molecule has 0 saturated carbocycles. The van der Waals surface area contributed by atoms with Gasteiger partial charge in [0.05, 0.1) is 15.6 Å². The second kappa shape index (κ2) is 6.97. The molecule has 1 heterocycles. The van der Waals surface area contributed by atoms with Crippen LogP contribution in [0.2, 0.25) is 10.0 Å². The van der Waals surface area contributed by atoms with Crippen molar-refractivity contribution in [2.24, 2.45) is 0 Å². The summed E-state index contributed by atoms with van der Waals surface area (Å²) in [4.78, 5) is 11.3. The Morgan fingerprint density at radius 1 is 1.33 bits per heavy atom. The number of hydroxylamine groups is 2. The maximum atomic E-state index is 11.3. The van der Waals surface area contributed by atoms with Gasteiger partial charge in [0.15, 0.2) is 0 Å². The van der Waals surface area contributed by atoms with Crippen molar-refractivity contribution in [1.29, 1.82) is 0 Å². The van der Waals surface area contributed by atoms with Crippen LogP contribution in [0, 0.1) is 0 Å². The quantitative estimate of drug-likeness (QED) is 0.890. The first-order valence-electron chi connectivity index (χ1n) is 7.12. The third-order valence-electron chi connectivity index (χ3n) is 4.04. The zero-order chi connectivity index (χ0) is 15.5. The average molecular weight is 331 g/mol. The lowest BCUT2D eigenvalue weighted by Gasteiger charge is -2.39. The predicted octanol–water partition coefficient (Wildman–Crippen LogP) is 3.59. The van der Waals surface area contributed by atoms with E-state index in [1.54, 1.807) is 12.1 Å². The molecule has 0 aliphatic carbocycles. The first kappa shape index (κ1) is 16.6. The number of nitrogens with zero attached hydrogens (tertiary/aromatic N) is 1. The summed E-state index contributed by atoms with van der Waals surface area (Å²) < 4.78 is 0. The van der Waals surface area contributed by atoms with E-state index < -0.39 is 5.54 Å². The molecule has 0 aromatic heterocycles. The van der Waals surface area contributed by atoms with Gasteiger partial charge >= 0.3 is 0 Å². The van der Waals surface area contributed by atoms with E-state index in [0.29, 0.717) is 23.1 Å².